The summed E-state index contributed by atoms with van der Waals surface area (Å²) in [5, 5.41) is 0.613. The van der Waals surface area contributed by atoms with E-state index < -0.39 is 0 Å². The summed E-state index contributed by atoms with van der Waals surface area (Å²) in [5.74, 6) is 1.01. The summed E-state index contributed by atoms with van der Waals surface area (Å²) in [4.78, 5) is 9.75. The van der Waals surface area contributed by atoms with Crippen molar-refractivity contribution in [2.45, 2.75) is 13.5 Å². The first-order valence-electron chi connectivity index (χ1n) is 5.36. The quantitative estimate of drug-likeness (QED) is 0.753. The van der Waals surface area contributed by atoms with Gasteiger partial charge in [-0.3, -0.25) is 0 Å². The molecule has 17 heavy (non-hydrogen) atoms. The Morgan fingerprint density at radius 3 is 2.94 bits per heavy atom. The van der Waals surface area contributed by atoms with Crippen LogP contribution >= 0.6 is 11.3 Å². The smallest absolute Gasteiger partial charge is 0.180 e. The van der Waals surface area contributed by atoms with Gasteiger partial charge >= 0.3 is 0 Å². The predicted octanol–water partition coefficient (Wildman–Crippen LogP) is 2.43. The maximum absolute atomic E-state index is 5.64. The monoisotopic (exact) mass is 244 g/mol. The summed E-state index contributed by atoms with van der Waals surface area (Å²) in [5.41, 5.74) is 7.82. The van der Waals surface area contributed by atoms with Crippen molar-refractivity contribution in [3.8, 4) is 0 Å². The number of aryl methyl sites for hydroxylation is 1. The van der Waals surface area contributed by atoms with Gasteiger partial charge in [0.05, 0.1) is 17.6 Å². The summed E-state index contributed by atoms with van der Waals surface area (Å²) in [6.45, 7) is 2.80. The predicted molar refractivity (Wildman–Crippen MR) is 70.1 cm³/mol. The second kappa shape index (κ2) is 3.85. The molecule has 0 aliphatic carbocycles. The molecule has 0 fully saturated rings. The van der Waals surface area contributed by atoms with Crippen LogP contribution in [0.3, 0.4) is 0 Å². The van der Waals surface area contributed by atoms with Crippen LogP contribution in [0.4, 0.5) is 5.13 Å². The minimum atomic E-state index is 0.613. The average molecular weight is 244 g/mol. The molecule has 0 radical (unpaired) electrons. The van der Waals surface area contributed by atoms with Gasteiger partial charge in [0.15, 0.2) is 5.13 Å². The Hall–Kier alpha value is -1.88. The largest absolute Gasteiger partial charge is 0.375 e. The van der Waals surface area contributed by atoms with Crippen molar-refractivity contribution in [2.75, 3.05) is 5.73 Å². The molecule has 0 amide bonds. The lowest BCUT2D eigenvalue weighted by Crippen LogP contribution is -2.00. The molecule has 5 heteroatoms. The Morgan fingerprint density at radius 1 is 1.35 bits per heavy atom. The van der Waals surface area contributed by atoms with E-state index >= 15 is 0 Å². The van der Waals surface area contributed by atoms with E-state index in [4.69, 9.17) is 5.73 Å². The standard InChI is InChI=1S/C12H12N4S/c1-8-15-10-4-2-3-5-11(10)16(8)7-9-6-14-12(13)17-9/h2-6H,7H2,1H3,(H2,13,14). The average Bonchev–Trinajstić information content (AvgIpc) is 2.85. The van der Waals surface area contributed by atoms with Crippen molar-refractivity contribution in [3.05, 3.63) is 41.2 Å². The molecular formula is C12H12N4S. The van der Waals surface area contributed by atoms with E-state index in [1.165, 1.54) is 11.3 Å². The van der Waals surface area contributed by atoms with Gasteiger partial charge in [-0.05, 0) is 19.1 Å². The number of nitrogens with zero attached hydrogens (tertiary/aromatic N) is 3. The van der Waals surface area contributed by atoms with E-state index in [0.29, 0.717) is 5.13 Å². The second-order valence-corrected chi connectivity index (χ2v) is 5.05. The number of nitrogens with two attached hydrogens (primary N) is 1. The third kappa shape index (κ3) is 1.78. The fourth-order valence-corrected chi connectivity index (χ4v) is 2.62. The van der Waals surface area contributed by atoms with Crippen LogP contribution < -0.4 is 5.73 Å². The molecule has 0 saturated heterocycles. The first kappa shape index (κ1) is 10.3. The molecule has 3 aromatic rings. The molecule has 0 aliphatic heterocycles. The lowest BCUT2D eigenvalue weighted by atomic mass is 10.3. The number of para-hydroxylation sites is 2. The Balaban J connectivity index is 2.08. The number of aromatic nitrogens is 3. The van der Waals surface area contributed by atoms with Crippen LogP contribution in [0.25, 0.3) is 11.0 Å². The third-order valence-corrected chi connectivity index (χ3v) is 3.54. The first-order valence-corrected chi connectivity index (χ1v) is 6.18. The molecule has 0 bridgehead atoms. The van der Waals surface area contributed by atoms with Crippen molar-refractivity contribution in [1.82, 2.24) is 14.5 Å². The Morgan fingerprint density at radius 2 is 2.18 bits per heavy atom. The number of hydrogen-bond donors (Lipinski definition) is 1. The van der Waals surface area contributed by atoms with Crippen molar-refractivity contribution in [2.24, 2.45) is 0 Å². The van der Waals surface area contributed by atoms with E-state index in [1.54, 1.807) is 0 Å². The van der Waals surface area contributed by atoms with Crippen molar-refractivity contribution in [1.29, 1.82) is 0 Å². The van der Waals surface area contributed by atoms with Crippen molar-refractivity contribution >= 4 is 27.5 Å². The summed E-state index contributed by atoms with van der Waals surface area (Å²) in [6.07, 6.45) is 1.83. The van der Waals surface area contributed by atoms with Gasteiger partial charge in [-0.15, -0.1) is 11.3 Å². The third-order valence-electron chi connectivity index (χ3n) is 2.73. The van der Waals surface area contributed by atoms with E-state index in [0.717, 1.165) is 28.3 Å². The Bertz CT molecular complexity index is 668. The van der Waals surface area contributed by atoms with Gasteiger partial charge in [-0.25, -0.2) is 9.97 Å². The zero-order valence-corrected chi connectivity index (χ0v) is 10.2. The molecule has 3 rings (SSSR count). The van der Waals surface area contributed by atoms with Crippen LogP contribution in [-0.4, -0.2) is 14.5 Å². The van der Waals surface area contributed by atoms with Gasteiger partial charge in [0.25, 0.3) is 0 Å². The van der Waals surface area contributed by atoms with Gasteiger partial charge in [0.2, 0.25) is 0 Å². The molecular weight excluding hydrogens is 232 g/mol. The SMILES string of the molecule is Cc1nc2ccccc2n1Cc1cnc(N)s1. The first-order chi connectivity index (χ1) is 8.24. The highest BCUT2D eigenvalue weighted by Crippen LogP contribution is 2.20. The summed E-state index contributed by atoms with van der Waals surface area (Å²) < 4.78 is 2.18. The van der Waals surface area contributed by atoms with Gasteiger partial charge in [-0.2, -0.15) is 0 Å². The summed E-state index contributed by atoms with van der Waals surface area (Å²) in [6, 6.07) is 8.14. The number of nitrogen functional groups attached to an aromatic ring is 1. The molecule has 2 heterocycles. The van der Waals surface area contributed by atoms with Crippen LogP contribution in [-0.2, 0) is 6.54 Å². The maximum atomic E-state index is 5.64. The molecule has 4 nitrogen and oxygen atoms in total. The van der Waals surface area contributed by atoms with Gasteiger partial charge in [0.1, 0.15) is 5.82 Å². The highest BCUT2D eigenvalue weighted by Gasteiger charge is 2.08. The molecule has 0 atom stereocenters. The number of rotatable bonds is 2. The Labute approximate surface area is 103 Å². The molecule has 0 saturated carbocycles. The van der Waals surface area contributed by atoms with E-state index in [1.807, 2.05) is 31.3 Å². The zero-order chi connectivity index (χ0) is 11.8. The fourth-order valence-electron chi connectivity index (χ4n) is 1.95. The molecule has 0 aliphatic rings. The minimum absolute atomic E-state index is 0.613. The topological polar surface area (TPSA) is 56.7 Å². The van der Waals surface area contributed by atoms with Gasteiger partial charge in [-0.1, -0.05) is 12.1 Å². The van der Waals surface area contributed by atoms with E-state index in [2.05, 4.69) is 20.6 Å². The number of thiazole rings is 1. The molecule has 2 aromatic heterocycles. The van der Waals surface area contributed by atoms with Crippen LogP contribution in [0.1, 0.15) is 10.7 Å². The van der Waals surface area contributed by atoms with Crippen LogP contribution in [0, 0.1) is 6.92 Å². The second-order valence-electron chi connectivity index (χ2n) is 3.90. The highest BCUT2D eigenvalue weighted by atomic mass is 32.1. The minimum Gasteiger partial charge on any atom is -0.375 e. The van der Waals surface area contributed by atoms with E-state index in [-0.39, 0.29) is 0 Å². The van der Waals surface area contributed by atoms with Crippen LogP contribution in [0.5, 0.6) is 0 Å². The van der Waals surface area contributed by atoms with Gasteiger partial charge < -0.3 is 10.3 Å². The number of hydrogen-bond acceptors (Lipinski definition) is 4. The molecule has 86 valence electrons. The molecule has 2 N–H and O–H groups in total. The van der Waals surface area contributed by atoms with Crippen LogP contribution in [0.15, 0.2) is 30.5 Å². The number of benzene rings is 1. The zero-order valence-electron chi connectivity index (χ0n) is 9.42. The van der Waals surface area contributed by atoms with Gasteiger partial charge in [0, 0.05) is 11.1 Å². The number of imidazole rings is 1. The molecule has 0 spiro atoms. The summed E-state index contributed by atoms with van der Waals surface area (Å²) in [7, 11) is 0. The van der Waals surface area contributed by atoms with Crippen molar-refractivity contribution < 1.29 is 0 Å². The lowest BCUT2D eigenvalue weighted by molar-refractivity contribution is 0.795. The fraction of sp³-hybridized carbons (Fsp3) is 0.167. The number of anilines is 1. The van der Waals surface area contributed by atoms with Crippen LogP contribution in [0.2, 0.25) is 0 Å². The molecule has 0 unspecified atom stereocenters. The maximum Gasteiger partial charge on any atom is 0.180 e. The normalized spacial score (nSPS) is 11.1. The lowest BCUT2D eigenvalue weighted by Gasteiger charge is -2.03. The van der Waals surface area contributed by atoms with Crippen molar-refractivity contribution in [3.63, 3.8) is 0 Å². The Kier molecular flexibility index (Phi) is 2.33. The number of fused-ring (bicyclic) bond motifs is 1. The molecule has 1 aromatic carbocycles. The van der Waals surface area contributed by atoms with E-state index in [9.17, 15) is 0 Å². The highest BCUT2D eigenvalue weighted by molar-refractivity contribution is 7.15. The summed E-state index contributed by atoms with van der Waals surface area (Å²) >= 11 is 1.52.